The molecule has 0 radical (unpaired) electrons. The van der Waals surface area contributed by atoms with Gasteiger partial charge in [0.15, 0.2) is 6.61 Å². The Morgan fingerprint density at radius 2 is 1.88 bits per heavy atom. The van der Waals surface area contributed by atoms with E-state index in [1.165, 1.54) is 18.6 Å². The quantitative estimate of drug-likeness (QED) is 0.860. The van der Waals surface area contributed by atoms with Crippen molar-refractivity contribution in [2.45, 2.75) is 33.1 Å². The van der Waals surface area contributed by atoms with Gasteiger partial charge in [-0.1, -0.05) is 12.1 Å². The van der Waals surface area contributed by atoms with Gasteiger partial charge in [0, 0.05) is 13.1 Å². The number of benzene rings is 2. The Bertz CT molecular complexity index is 786. The Kier molecular flexibility index (Phi) is 5.76. The molecule has 0 unspecified atom stereocenters. The molecule has 0 aromatic heterocycles. The lowest BCUT2D eigenvalue weighted by Gasteiger charge is -2.30. The number of carbonyl (C=O) groups excluding carboxylic acids is 1. The van der Waals surface area contributed by atoms with Crippen molar-refractivity contribution < 1.29 is 13.9 Å². The van der Waals surface area contributed by atoms with Crippen LogP contribution in [0.2, 0.25) is 0 Å². The fourth-order valence-electron chi connectivity index (χ4n) is 3.21. The summed E-state index contributed by atoms with van der Waals surface area (Å²) in [6.07, 6.45) is 3.43. The van der Waals surface area contributed by atoms with Crippen LogP contribution in [0.15, 0.2) is 36.4 Å². The lowest BCUT2D eigenvalue weighted by atomic mass is 10.1. The zero-order valence-electron chi connectivity index (χ0n) is 15.3. The number of nitrogens with zero attached hydrogens (tertiary/aromatic N) is 1. The number of hydrogen-bond donors (Lipinski definition) is 1. The van der Waals surface area contributed by atoms with Crippen LogP contribution in [0.1, 0.15) is 30.4 Å². The first-order chi connectivity index (χ1) is 12.5. The number of carbonyl (C=O) groups is 1. The van der Waals surface area contributed by atoms with Crippen LogP contribution in [-0.4, -0.2) is 25.6 Å². The normalized spacial score (nSPS) is 14.2. The van der Waals surface area contributed by atoms with E-state index in [2.05, 4.69) is 10.2 Å². The molecular weight excluding hydrogens is 331 g/mol. The average Bonchev–Trinajstić information content (AvgIpc) is 2.63. The highest BCUT2D eigenvalue weighted by Gasteiger charge is 2.17. The maximum Gasteiger partial charge on any atom is 0.262 e. The molecule has 1 N–H and O–H groups in total. The second kappa shape index (κ2) is 8.21. The smallest absolute Gasteiger partial charge is 0.262 e. The van der Waals surface area contributed by atoms with E-state index in [1.807, 2.05) is 32.0 Å². The summed E-state index contributed by atoms with van der Waals surface area (Å²) in [5.41, 5.74) is 3.42. The van der Waals surface area contributed by atoms with E-state index < -0.39 is 0 Å². The summed E-state index contributed by atoms with van der Waals surface area (Å²) < 4.78 is 19.4. The summed E-state index contributed by atoms with van der Waals surface area (Å²) in [7, 11) is 0. The molecule has 5 heteroatoms. The monoisotopic (exact) mass is 356 g/mol. The van der Waals surface area contributed by atoms with Crippen molar-refractivity contribution in [3.05, 3.63) is 53.3 Å². The van der Waals surface area contributed by atoms with Gasteiger partial charge in [0.1, 0.15) is 11.6 Å². The zero-order chi connectivity index (χ0) is 18.5. The molecule has 0 atom stereocenters. The summed E-state index contributed by atoms with van der Waals surface area (Å²) in [4.78, 5) is 14.5. The van der Waals surface area contributed by atoms with E-state index in [0.717, 1.165) is 42.7 Å². The first kappa shape index (κ1) is 18.2. The lowest BCUT2D eigenvalue weighted by Crippen LogP contribution is -2.31. The van der Waals surface area contributed by atoms with Gasteiger partial charge in [-0.05, 0) is 68.5 Å². The summed E-state index contributed by atoms with van der Waals surface area (Å²) >= 11 is 0. The van der Waals surface area contributed by atoms with E-state index in [9.17, 15) is 9.18 Å². The van der Waals surface area contributed by atoms with Crippen molar-refractivity contribution >= 4 is 17.3 Å². The summed E-state index contributed by atoms with van der Waals surface area (Å²) in [5.74, 6) is 0.0296. The van der Waals surface area contributed by atoms with Crippen LogP contribution >= 0.6 is 0 Å². The molecule has 1 saturated heterocycles. The second-order valence-electron chi connectivity index (χ2n) is 6.81. The Balaban J connectivity index is 1.68. The topological polar surface area (TPSA) is 41.6 Å². The molecule has 2 aromatic rings. The summed E-state index contributed by atoms with van der Waals surface area (Å²) in [5, 5.41) is 2.81. The molecule has 0 spiro atoms. The summed E-state index contributed by atoms with van der Waals surface area (Å²) in [6.45, 7) is 5.65. The third kappa shape index (κ3) is 4.54. The second-order valence-corrected chi connectivity index (χ2v) is 6.81. The highest BCUT2D eigenvalue weighted by atomic mass is 19.1. The molecule has 1 amide bonds. The Labute approximate surface area is 154 Å². The number of halogens is 1. The van der Waals surface area contributed by atoms with Crippen LogP contribution in [-0.2, 0) is 4.79 Å². The van der Waals surface area contributed by atoms with E-state index in [4.69, 9.17) is 4.74 Å². The molecule has 0 saturated carbocycles. The Hall–Kier alpha value is -2.56. The number of piperidine rings is 1. The van der Waals surface area contributed by atoms with Crippen LogP contribution in [0.4, 0.5) is 15.8 Å². The number of rotatable bonds is 5. The maximum atomic E-state index is 13.7. The lowest BCUT2D eigenvalue weighted by molar-refractivity contribution is -0.118. The summed E-state index contributed by atoms with van der Waals surface area (Å²) in [6, 6.07) is 10.4. The van der Waals surface area contributed by atoms with Crippen LogP contribution in [0, 0.1) is 19.7 Å². The Morgan fingerprint density at radius 1 is 1.12 bits per heavy atom. The standard InChI is InChI=1S/C21H25FN2O2/c1-15-6-7-16(2)20(12-15)26-14-21(25)23-18-13-17(22)8-9-19(18)24-10-4-3-5-11-24/h6-9,12-13H,3-5,10-11,14H2,1-2H3,(H,23,25). The molecule has 1 heterocycles. The SMILES string of the molecule is Cc1ccc(C)c(OCC(=O)Nc2cc(F)ccc2N2CCCCC2)c1. The van der Waals surface area contributed by atoms with E-state index in [-0.39, 0.29) is 18.3 Å². The molecule has 0 bridgehead atoms. The Morgan fingerprint density at radius 3 is 2.65 bits per heavy atom. The van der Waals surface area contributed by atoms with Gasteiger partial charge >= 0.3 is 0 Å². The molecule has 1 aliphatic rings. The van der Waals surface area contributed by atoms with Crippen LogP contribution in [0.25, 0.3) is 0 Å². The van der Waals surface area contributed by atoms with Gasteiger partial charge in [0.25, 0.3) is 5.91 Å². The van der Waals surface area contributed by atoms with Gasteiger partial charge in [-0.25, -0.2) is 4.39 Å². The van der Waals surface area contributed by atoms with Gasteiger partial charge in [-0.15, -0.1) is 0 Å². The van der Waals surface area contributed by atoms with Crippen molar-refractivity contribution in [2.75, 3.05) is 29.9 Å². The minimum atomic E-state index is -0.364. The molecule has 0 aliphatic carbocycles. The van der Waals surface area contributed by atoms with Gasteiger partial charge in [-0.2, -0.15) is 0 Å². The molecule has 4 nitrogen and oxygen atoms in total. The number of aryl methyl sites for hydroxylation is 2. The first-order valence-corrected chi connectivity index (χ1v) is 9.07. The van der Waals surface area contributed by atoms with Crippen molar-refractivity contribution in [2.24, 2.45) is 0 Å². The molecule has 3 rings (SSSR count). The molecule has 2 aromatic carbocycles. The van der Waals surface area contributed by atoms with Crippen molar-refractivity contribution in [3.8, 4) is 5.75 Å². The highest BCUT2D eigenvalue weighted by Crippen LogP contribution is 2.29. The number of anilines is 2. The number of ether oxygens (including phenoxy) is 1. The van der Waals surface area contributed by atoms with Crippen molar-refractivity contribution in [1.82, 2.24) is 0 Å². The van der Waals surface area contributed by atoms with E-state index >= 15 is 0 Å². The van der Waals surface area contributed by atoms with Crippen LogP contribution < -0.4 is 15.0 Å². The fourth-order valence-corrected chi connectivity index (χ4v) is 3.21. The zero-order valence-corrected chi connectivity index (χ0v) is 15.3. The van der Waals surface area contributed by atoms with Gasteiger partial charge in [0.05, 0.1) is 11.4 Å². The van der Waals surface area contributed by atoms with Gasteiger partial charge < -0.3 is 15.0 Å². The fraction of sp³-hybridized carbons (Fsp3) is 0.381. The van der Waals surface area contributed by atoms with E-state index in [0.29, 0.717) is 11.4 Å². The van der Waals surface area contributed by atoms with Crippen LogP contribution in [0.5, 0.6) is 5.75 Å². The van der Waals surface area contributed by atoms with Crippen molar-refractivity contribution in [3.63, 3.8) is 0 Å². The minimum Gasteiger partial charge on any atom is -0.483 e. The van der Waals surface area contributed by atoms with E-state index in [1.54, 1.807) is 6.07 Å². The van der Waals surface area contributed by atoms with Crippen LogP contribution in [0.3, 0.4) is 0 Å². The number of amides is 1. The molecule has 26 heavy (non-hydrogen) atoms. The number of nitrogens with one attached hydrogen (secondary N) is 1. The highest BCUT2D eigenvalue weighted by molar-refractivity contribution is 5.95. The van der Waals surface area contributed by atoms with Gasteiger partial charge in [0.2, 0.25) is 0 Å². The molecule has 1 fully saturated rings. The predicted molar refractivity (Wildman–Crippen MR) is 103 cm³/mol. The third-order valence-electron chi connectivity index (χ3n) is 4.63. The molecular formula is C21H25FN2O2. The molecule has 138 valence electrons. The van der Waals surface area contributed by atoms with Gasteiger partial charge in [-0.3, -0.25) is 4.79 Å². The average molecular weight is 356 g/mol. The predicted octanol–water partition coefficient (Wildman–Crippen LogP) is 4.45. The number of hydrogen-bond acceptors (Lipinski definition) is 3. The molecule has 1 aliphatic heterocycles. The maximum absolute atomic E-state index is 13.7. The first-order valence-electron chi connectivity index (χ1n) is 9.07. The van der Waals surface area contributed by atoms with Crippen molar-refractivity contribution in [1.29, 1.82) is 0 Å². The third-order valence-corrected chi connectivity index (χ3v) is 4.63. The largest absolute Gasteiger partial charge is 0.483 e. The minimum absolute atomic E-state index is 0.111.